The number of unbranched alkanes of at least 4 members (excludes halogenated alkanes) is 1. The van der Waals surface area contributed by atoms with Crippen molar-refractivity contribution in [1.82, 2.24) is 25.6 Å². The number of hydrogen-bond donors (Lipinski definition) is 3. The Bertz CT molecular complexity index is 1700. The first kappa shape index (κ1) is 42.6. The first-order valence-corrected chi connectivity index (χ1v) is 19.5. The maximum Gasteiger partial charge on any atom is 0.316 e. The molecule has 0 radical (unpaired) electrons. The molecule has 1 aliphatic rings. The Morgan fingerprint density at radius 3 is 2.54 bits per heavy atom. The number of terminal acetylenes is 1. The Kier molecular flexibility index (Phi) is 15.3. The van der Waals surface area contributed by atoms with Crippen molar-refractivity contribution in [3.05, 3.63) is 66.4 Å². The highest BCUT2D eigenvalue weighted by Crippen LogP contribution is 2.38. The number of nitrogens with two attached hydrogens (primary N) is 1. The molecule has 2 aromatic carbocycles. The van der Waals surface area contributed by atoms with Gasteiger partial charge in [-0.3, -0.25) is 14.3 Å². The molecule has 12 heteroatoms. The number of rotatable bonds is 12. The number of ether oxygens (including phenoxy) is 3. The Balaban J connectivity index is 1.65. The van der Waals surface area contributed by atoms with E-state index in [4.69, 9.17) is 26.4 Å². The first-order chi connectivity index (χ1) is 25.8. The van der Waals surface area contributed by atoms with E-state index in [1.54, 1.807) is 14.0 Å². The lowest BCUT2D eigenvalue weighted by Gasteiger charge is -2.45. The van der Waals surface area contributed by atoms with Crippen LogP contribution in [0.3, 0.4) is 0 Å². The molecule has 292 valence electrons. The molecule has 3 aromatic rings. The van der Waals surface area contributed by atoms with Gasteiger partial charge in [-0.25, -0.2) is 0 Å². The van der Waals surface area contributed by atoms with E-state index in [1.807, 2.05) is 82.0 Å². The molecule has 1 aromatic heterocycles. The van der Waals surface area contributed by atoms with Gasteiger partial charge >= 0.3 is 5.97 Å². The van der Waals surface area contributed by atoms with E-state index in [0.717, 1.165) is 29.7 Å². The molecule has 2 heterocycles. The number of carbonyl (C=O) groups excluding carboxylic acids is 2. The third-order valence-electron chi connectivity index (χ3n) is 11.7. The lowest BCUT2D eigenvalue weighted by Crippen LogP contribution is -2.66. The van der Waals surface area contributed by atoms with Crippen molar-refractivity contribution in [2.75, 3.05) is 25.9 Å². The molecule has 0 unspecified atom stereocenters. The summed E-state index contributed by atoms with van der Waals surface area (Å²) in [5.74, 6) is -2.13. The summed E-state index contributed by atoms with van der Waals surface area (Å²) in [6.45, 7) is 13.6. The van der Waals surface area contributed by atoms with Crippen LogP contribution < -0.4 is 16.4 Å². The number of anilines is 1. The number of hydrogen-bond acceptors (Lipinski definition) is 10. The third-order valence-corrected chi connectivity index (χ3v) is 11.7. The topological polar surface area (TPSA) is 143 Å². The maximum atomic E-state index is 13.8. The fraction of sp³-hybridized carbons (Fsp3) is 0.571. The zero-order valence-electron chi connectivity index (χ0n) is 33.5. The largest absolute Gasteiger partial charge is 0.457 e. The van der Waals surface area contributed by atoms with Crippen molar-refractivity contribution < 1.29 is 23.8 Å². The minimum Gasteiger partial charge on any atom is -0.457 e. The van der Waals surface area contributed by atoms with Gasteiger partial charge in [-0.1, -0.05) is 74.9 Å². The highest BCUT2D eigenvalue weighted by Gasteiger charge is 2.50. The predicted molar refractivity (Wildman–Crippen MR) is 216 cm³/mol. The number of carbonyl (C=O) groups is 2. The van der Waals surface area contributed by atoms with Crippen LogP contribution >= 0.6 is 0 Å². The molecule has 0 aliphatic carbocycles. The van der Waals surface area contributed by atoms with Crippen LogP contribution in [0.4, 0.5) is 5.69 Å². The molecule has 54 heavy (non-hydrogen) atoms. The molecule has 1 saturated heterocycles. The zero-order chi connectivity index (χ0) is 39.5. The number of nitrogens with zero attached hydrogens (tertiary/aromatic N) is 3. The predicted octanol–water partition coefficient (Wildman–Crippen LogP) is 4.86. The Hall–Kier alpha value is -4.18. The Labute approximate surface area is 323 Å². The van der Waals surface area contributed by atoms with Gasteiger partial charge in [-0.05, 0) is 95.4 Å². The summed E-state index contributed by atoms with van der Waals surface area (Å²) in [4.78, 5) is 27.7. The van der Waals surface area contributed by atoms with Crippen LogP contribution in [0.5, 0.6) is 0 Å². The van der Waals surface area contributed by atoms with E-state index in [9.17, 15) is 9.59 Å². The second-order valence-electron chi connectivity index (χ2n) is 15.6. The third kappa shape index (κ3) is 10.5. The number of aromatic nitrogens is 3. The van der Waals surface area contributed by atoms with E-state index in [1.165, 1.54) is 0 Å². The first-order valence-electron chi connectivity index (χ1n) is 19.5. The van der Waals surface area contributed by atoms with Crippen molar-refractivity contribution in [2.24, 2.45) is 17.8 Å². The van der Waals surface area contributed by atoms with Gasteiger partial charge in [0.05, 0.1) is 17.8 Å². The SMILES string of the molecule is B[C@@H]1[C@@H](C)C(=O)[C@@H](C)C(=O)O[C@H](CC)[C@@](C)(OC#C)[C@H](NCCCCn2cc(-c3cccc(N)c3)nn2)[C@@H](Cc2ccccc2)NC[C@H](C)C[C@@]1(C)OC. The lowest BCUT2D eigenvalue weighted by atomic mass is 9.62. The summed E-state index contributed by atoms with van der Waals surface area (Å²) >= 11 is 0. The minimum absolute atomic E-state index is 0.148. The summed E-state index contributed by atoms with van der Waals surface area (Å²) in [7, 11) is 3.74. The van der Waals surface area contributed by atoms with Gasteiger partial charge in [-0.2, -0.15) is 0 Å². The molecule has 0 amide bonds. The molecule has 1 aliphatic heterocycles. The van der Waals surface area contributed by atoms with Gasteiger partial charge in [0.1, 0.15) is 37.5 Å². The number of methoxy groups -OCH3 is 1. The van der Waals surface area contributed by atoms with Crippen LogP contribution in [-0.4, -0.2) is 84.2 Å². The summed E-state index contributed by atoms with van der Waals surface area (Å²) in [5, 5.41) is 16.4. The maximum absolute atomic E-state index is 13.8. The average molecular weight is 741 g/mol. The van der Waals surface area contributed by atoms with E-state index in [0.29, 0.717) is 44.6 Å². The summed E-state index contributed by atoms with van der Waals surface area (Å²) in [6, 6.07) is 17.3. The number of benzene rings is 2. The molecular formula is C42H61BN6O5. The monoisotopic (exact) mass is 740 g/mol. The summed E-state index contributed by atoms with van der Waals surface area (Å²) < 4.78 is 20.5. The van der Waals surface area contributed by atoms with Crippen molar-refractivity contribution >= 4 is 25.3 Å². The van der Waals surface area contributed by atoms with E-state index >= 15 is 0 Å². The van der Waals surface area contributed by atoms with Gasteiger partial charge in [0.25, 0.3) is 0 Å². The Morgan fingerprint density at radius 2 is 1.87 bits per heavy atom. The number of ketones is 1. The van der Waals surface area contributed by atoms with Crippen LogP contribution in [0.1, 0.15) is 72.8 Å². The van der Waals surface area contributed by atoms with Gasteiger partial charge < -0.3 is 30.6 Å². The van der Waals surface area contributed by atoms with Crippen molar-refractivity contribution in [1.29, 1.82) is 0 Å². The minimum atomic E-state index is -1.17. The molecule has 1 fully saturated rings. The highest BCUT2D eigenvalue weighted by molar-refractivity contribution is 6.15. The van der Waals surface area contributed by atoms with E-state index in [2.05, 4.69) is 53.0 Å². The van der Waals surface area contributed by atoms with E-state index in [-0.39, 0.29) is 23.6 Å². The van der Waals surface area contributed by atoms with Crippen molar-refractivity contribution in [3.8, 4) is 23.8 Å². The average Bonchev–Trinajstić information content (AvgIpc) is 3.64. The molecular weight excluding hydrogens is 679 g/mol. The smallest absolute Gasteiger partial charge is 0.316 e. The van der Waals surface area contributed by atoms with Gasteiger partial charge in [0.2, 0.25) is 0 Å². The number of aryl methyl sites for hydroxylation is 1. The second-order valence-corrected chi connectivity index (χ2v) is 15.6. The molecule has 0 saturated carbocycles. The quantitative estimate of drug-likeness (QED) is 0.0589. The fourth-order valence-electron chi connectivity index (χ4n) is 7.98. The van der Waals surface area contributed by atoms with E-state index < -0.39 is 41.2 Å². The standard InChI is InChI=1S/C42H61BN6O5/c1-9-36-42(7,53-10-2)39(45-21-14-15-22-49-27-35(47-48-49)32-19-16-20-33(44)24-32)34(23-31-17-12-11-13-18-31)46-26-28(3)25-41(6,52-8)38(43)29(4)37(50)30(5)40(51)54-36/h2,11-13,16-20,24,27-30,34,36,38-39,45-46H,9,14-15,21-23,25-26,43-44H2,1,3-8H3/t28-,29+,30-,34-,36-,38-,39-,41-,42-/m1/s1. The molecule has 0 bridgehead atoms. The molecule has 9 atom stereocenters. The zero-order valence-corrected chi connectivity index (χ0v) is 33.5. The molecule has 4 rings (SSSR count). The van der Waals surface area contributed by atoms with Crippen molar-refractivity contribution in [2.45, 2.75) is 115 Å². The van der Waals surface area contributed by atoms with Crippen molar-refractivity contribution in [3.63, 3.8) is 0 Å². The van der Waals surface area contributed by atoms with Gasteiger partial charge in [0, 0.05) is 36.9 Å². The lowest BCUT2D eigenvalue weighted by molar-refractivity contribution is -0.174. The van der Waals surface area contributed by atoms with Crippen LogP contribution in [-0.2, 0) is 36.8 Å². The van der Waals surface area contributed by atoms with Crippen LogP contribution in [0.2, 0.25) is 5.82 Å². The number of nitrogens with one attached hydrogen (secondary N) is 2. The summed E-state index contributed by atoms with van der Waals surface area (Å²) in [6.07, 6.45) is 13.0. The summed E-state index contributed by atoms with van der Waals surface area (Å²) in [5.41, 5.74) is 7.73. The van der Waals surface area contributed by atoms with Crippen LogP contribution in [0.25, 0.3) is 11.3 Å². The van der Waals surface area contributed by atoms with Gasteiger partial charge in [-0.15, -0.1) is 5.10 Å². The fourth-order valence-corrected chi connectivity index (χ4v) is 7.98. The highest BCUT2D eigenvalue weighted by atomic mass is 16.6. The Morgan fingerprint density at radius 1 is 1.13 bits per heavy atom. The number of nitrogen functional groups attached to an aromatic ring is 1. The number of Topliss-reactive ketones (excluding diaryl/α,β-unsaturated/α-hetero) is 1. The van der Waals surface area contributed by atoms with Crippen LogP contribution in [0, 0.1) is 30.3 Å². The number of cyclic esters (lactones) is 1. The normalized spacial score (nSPS) is 30.1. The van der Waals surface area contributed by atoms with Gasteiger partial charge in [0.15, 0.2) is 5.60 Å². The van der Waals surface area contributed by atoms with Crippen LogP contribution in [0.15, 0.2) is 60.8 Å². The molecule has 0 spiro atoms. The second kappa shape index (κ2) is 19.4. The molecule has 11 nitrogen and oxygen atoms in total. The number of esters is 1. The molecule has 4 N–H and O–H groups in total.